The number of hydrogen-bond donors (Lipinski definition) is 1. The molecule has 0 fully saturated rings. The summed E-state index contributed by atoms with van der Waals surface area (Å²) in [6, 6.07) is 8.92. The average Bonchev–Trinajstić information content (AvgIpc) is 3.17. The lowest BCUT2D eigenvalue weighted by Crippen LogP contribution is -2.40. The minimum atomic E-state index is -3.55. The van der Waals surface area contributed by atoms with E-state index in [9.17, 15) is 13.2 Å². The van der Waals surface area contributed by atoms with Crippen molar-refractivity contribution >= 4 is 33.0 Å². The zero-order valence-corrected chi connectivity index (χ0v) is 18.9. The van der Waals surface area contributed by atoms with E-state index in [2.05, 4.69) is 28.6 Å². The number of nitrogens with one attached hydrogen (secondary N) is 1. The first kappa shape index (κ1) is 22.0. The highest BCUT2D eigenvalue weighted by atomic mass is 32.2. The Morgan fingerprint density at radius 1 is 1.24 bits per heavy atom. The van der Waals surface area contributed by atoms with Gasteiger partial charge < -0.3 is 5.32 Å². The molecule has 0 saturated heterocycles. The fraction of sp³-hybridized carbons (Fsp3) is 0.476. The Balaban J connectivity index is 1.70. The molecule has 2 aromatic rings. The largest absolute Gasteiger partial charge is 0.325 e. The molecule has 3 rings (SSSR count). The van der Waals surface area contributed by atoms with E-state index < -0.39 is 10.0 Å². The van der Waals surface area contributed by atoms with Crippen molar-refractivity contribution < 1.29 is 13.2 Å². The van der Waals surface area contributed by atoms with Gasteiger partial charge in [-0.3, -0.25) is 9.69 Å². The Morgan fingerprint density at radius 3 is 2.69 bits per heavy atom. The molecule has 1 aliphatic heterocycles. The van der Waals surface area contributed by atoms with Crippen molar-refractivity contribution in [3.63, 3.8) is 0 Å². The highest BCUT2D eigenvalue weighted by Gasteiger charge is 2.28. The summed E-state index contributed by atoms with van der Waals surface area (Å²) in [6.07, 6.45) is 1.92. The Bertz CT molecular complexity index is 952. The average molecular weight is 436 g/mol. The van der Waals surface area contributed by atoms with Gasteiger partial charge in [-0.25, -0.2) is 8.42 Å². The molecule has 29 heavy (non-hydrogen) atoms. The van der Waals surface area contributed by atoms with E-state index in [1.54, 1.807) is 29.5 Å². The van der Waals surface area contributed by atoms with E-state index in [-0.39, 0.29) is 16.8 Å². The van der Waals surface area contributed by atoms with Crippen LogP contribution in [-0.4, -0.2) is 49.7 Å². The molecule has 1 aliphatic rings. The predicted octanol–water partition coefficient (Wildman–Crippen LogP) is 3.73. The maximum absolute atomic E-state index is 12.7. The van der Waals surface area contributed by atoms with Crippen LogP contribution in [0.2, 0.25) is 0 Å². The summed E-state index contributed by atoms with van der Waals surface area (Å²) >= 11 is 1.79. The molecule has 0 bridgehead atoms. The molecule has 8 heteroatoms. The lowest BCUT2D eigenvalue weighted by molar-refractivity contribution is -0.118. The Morgan fingerprint density at radius 2 is 2.00 bits per heavy atom. The van der Waals surface area contributed by atoms with Gasteiger partial charge in [0.05, 0.1) is 11.4 Å². The third-order valence-corrected chi connectivity index (χ3v) is 8.44. The standard InChI is InChI=1S/C21H29N3O3S2/c1-4-19-18-11-13-28-20(18)10-12-23(19)15-21(25)22-16-8-7-9-17(14-16)29(26,27)24(5-2)6-3/h7-9,11,13-14,19H,4-6,10,12,15H2,1-3H3,(H,22,25). The second-order valence-corrected chi connectivity index (χ2v) is 10.0. The number of rotatable bonds is 8. The molecule has 0 aliphatic carbocycles. The Kier molecular flexibility index (Phi) is 7.10. The van der Waals surface area contributed by atoms with Crippen LogP contribution in [0.4, 0.5) is 5.69 Å². The number of sulfonamides is 1. The zero-order chi connectivity index (χ0) is 21.0. The second-order valence-electron chi connectivity index (χ2n) is 7.11. The number of thiophene rings is 1. The quantitative estimate of drug-likeness (QED) is 0.686. The van der Waals surface area contributed by atoms with Crippen molar-refractivity contribution in [1.29, 1.82) is 0 Å². The SMILES string of the molecule is CCC1c2ccsc2CCN1CC(=O)Nc1cccc(S(=O)(=O)N(CC)CC)c1. The third kappa shape index (κ3) is 4.71. The molecule has 6 nitrogen and oxygen atoms in total. The van der Waals surface area contributed by atoms with E-state index in [0.29, 0.717) is 25.3 Å². The van der Waals surface area contributed by atoms with E-state index in [0.717, 1.165) is 19.4 Å². The van der Waals surface area contributed by atoms with Gasteiger partial charge in [0.1, 0.15) is 0 Å². The van der Waals surface area contributed by atoms with Crippen molar-refractivity contribution in [2.24, 2.45) is 0 Å². The van der Waals surface area contributed by atoms with Crippen LogP contribution in [0, 0.1) is 0 Å². The minimum Gasteiger partial charge on any atom is -0.325 e. The number of fused-ring (bicyclic) bond motifs is 1. The van der Waals surface area contributed by atoms with E-state index in [1.165, 1.54) is 20.8 Å². The third-order valence-electron chi connectivity index (χ3n) is 5.40. The number of amides is 1. The van der Waals surface area contributed by atoms with Gasteiger partial charge in [-0.15, -0.1) is 11.3 Å². The molecule has 158 valence electrons. The summed E-state index contributed by atoms with van der Waals surface area (Å²) < 4.78 is 26.9. The topological polar surface area (TPSA) is 69.7 Å². The van der Waals surface area contributed by atoms with Crippen LogP contribution in [0.5, 0.6) is 0 Å². The van der Waals surface area contributed by atoms with Gasteiger partial charge in [-0.1, -0.05) is 26.8 Å². The smallest absolute Gasteiger partial charge is 0.243 e. The highest BCUT2D eigenvalue weighted by Crippen LogP contribution is 2.35. The fourth-order valence-corrected chi connectivity index (χ4v) is 6.38. The van der Waals surface area contributed by atoms with Crippen molar-refractivity contribution in [3.05, 3.63) is 46.2 Å². The van der Waals surface area contributed by atoms with Crippen LogP contribution in [0.25, 0.3) is 0 Å². The molecule has 1 unspecified atom stereocenters. The first-order valence-electron chi connectivity index (χ1n) is 10.1. The number of nitrogens with zero attached hydrogens (tertiary/aromatic N) is 2. The number of carbonyl (C=O) groups excluding carboxylic acids is 1. The van der Waals surface area contributed by atoms with Crippen LogP contribution in [0.1, 0.15) is 43.7 Å². The van der Waals surface area contributed by atoms with Gasteiger partial charge >= 0.3 is 0 Å². The molecule has 2 heterocycles. The van der Waals surface area contributed by atoms with Crippen LogP contribution in [0.3, 0.4) is 0 Å². The first-order chi connectivity index (χ1) is 13.9. The predicted molar refractivity (Wildman–Crippen MR) is 118 cm³/mol. The molecular weight excluding hydrogens is 406 g/mol. The lowest BCUT2D eigenvalue weighted by Gasteiger charge is -2.34. The number of carbonyl (C=O) groups is 1. The fourth-order valence-electron chi connectivity index (χ4n) is 3.95. The van der Waals surface area contributed by atoms with Gasteiger partial charge in [0, 0.05) is 36.2 Å². The first-order valence-corrected chi connectivity index (χ1v) is 12.4. The van der Waals surface area contributed by atoms with Crippen LogP contribution in [-0.2, 0) is 21.2 Å². The van der Waals surface area contributed by atoms with Crippen LogP contribution < -0.4 is 5.32 Å². The summed E-state index contributed by atoms with van der Waals surface area (Å²) in [5, 5.41) is 5.00. The summed E-state index contributed by atoms with van der Waals surface area (Å²) in [7, 11) is -3.55. The van der Waals surface area contributed by atoms with E-state index >= 15 is 0 Å². The minimum absolute atomic E-state index is 0.125. The van der Waals surface area contributed by atoms with Gasteiger partial charge in [0.2, 0.25) is 15.9 Å². The molecule has 0 radical (unpaired) electrons. The Hall–Kier alpha value is -1.74. The number of benzene rings is 1. The maximum atomic E-state index is 12.7. The van der Waals surface area contributed by atoms with E-state index in [4.69, 9.17) is 0 Å². The summed E-state index contributed by atoms with van der Waals surface area (Å²) in [6.45, 7) is 7.74. The van der Waals surface area contributed by atoms with Crippen LogP contribution in [0.15, 0.2) is 40.6 Å². The molecule has 1 atom stereocenters. The van der Waals surface area contributed by atoms with Gasteiger partial charge in [-0.2, -0.15) is 4.31 Å². The van der Waals surface area contributed by atoms with Crippen molar-refractivity contribution in [3.8, 4) is 0 Å². The van der Waals surface area contributed by atoms with Gasteiger partial charge in [0.15, 0.2) is 0 Å². The molecular formula is C21H29N3O3S2. The van der Waals surface area contributed by atoms with Crippen molar-refractivity contribution in [2.45, 2.75) is 44.6 Å². The van der Waals surface area contributed by atoms with Gasteiger partial charge in [-0.05, 0) is 48.1 Å². The van der Waals surface area contributed by atoms with Crippen molar-refractivity contribution in [1.82, 2.24) is 9.21 Å². The highest BCUT2D eigenvalue weighted by molar-refractivity contribution is 7.89. The summed E-state index contributed by atoms with van der Waals surface area (Å²) in [4.78, 5) is 16.5. The summed E-state index contributed by atoms with van der Waals surface area (Å²) in [5.74, 6) is -0.125. The molecule has 0 spiro atoms. The molecule has 1 N–H and O–H groups in total. The van der Waals surface area contributed by atoms with E-state index in [1.807, 2.05) is 13.8 Å². The summed E-state index contributed by atoms with van der Waals surface area (Å²) in [5.41, 5.74) is 1.84. The lowest BCUT2D eigenvalue weighted by atomic mass is 9.98. The number of hydrogen-bond acceptors (Lipinski definition) is 5. The maximum Gasteiger partial charge on any atom is 0.243 e. The molecule has 1 aromatic carbocycles. The zero-order valence-electron chi connectivity index (χ0n) is 17.2. The van der Waals surface area contributed by atoms with Crippen LogP contribution >= 0.6 is 11.3 Å². The Labute approximate surface area is 177 Å². The molecule has 1 amide bonds. The normalized spacial score (nSPS) is 17.3. The molecule has 0 saturated carbocycles. The number of anilines is 1. The second kappa shape index (κ2) is 9.38. The molecule has 1 aromatic heterocycles. The van der Waals surface area contributed by atoms with Crippen molar-refractivity contribution in [2.75, 3.05) is 31.5 Å². The monoisotopic (exact) mass is 435 g/mol. The van der Waals surface area contributed by atoms with Gasteiger partial charge in [0.25, 0.3) is 0 Å².